The summed E-state index contributed by atoms with van der Waals surface area (Å²) in [4.78, 5) is 36.8. The van der Waals surface area contributed by atoms with E-state index in [1.807, 2.05) is 0 Å². The first kappa shape index (κ1) is 17.8. The molecular formula is C16H18F2N2O4. The zero-order valence-electron chi connectivity index (χ0n) is 13.2. The Bertz CT molecular complexity index is 631. The van der Waals surface area contributed by atoms with Crippen LogP contribution < -0.4 is 5.32 Å². The SMILES string of the molecule is COC(=O)CNC(=O)C1CCCN1C(=O)Cc1c(F)cccc1F. The molecule has 1 aliphatic rings. The van der Waals surface area contributed by atoms with E-state index in [0.717, 1.165) is 12.1 Å². The number of rotatable bonds is 5. The number of amides is 2. The molecule has 1 aromatic carbocycles. The lowest BCUT2D eigenvalue weighted by Gasteiger charge is -2.24. The Hall–Kier alpha value is -2.51. The van der Waals surface area contributed by atoms with Gasteiger partial charge in [-0.15, -0.1) is 0 Å². The highest BCUT2D eigenvalue weighted by Crippen LogP contribution is 2.20. The number of esters is 1. The van der Waals surface area contributed by atoms with Gasteiger partial charge in [0.15, 0.2) is 0 Å². The standard InChI is InChI=1S/C16H18F2N2O4/c1-24-15(22)9-19-16(23)13-6-3-7-20(13)14(21)8-10-11(17)4-2-5-12(10)18/h2,4-5,13H,3,6-9H2,1H3,(H,19,23). The van der Waals surface area contributed by atoms with Crippen molar-refractivity contribution in [2.24, 2.45) is 0 Å². The molecule has 1 aromatic rings. The van der Waals surface area contributed by atoms with Gasteiger partial charge in [-0.1, -0.05) is 6.07 Å². The van der Waals surface area contributed by atoms with E-state index in [4.69, 9.17) is 0 Å². The molecule has 1 aliphatic heterocycles. The van der Waals surface area contributed by atoms with Crippen LogP contribution in [0.2, 0.25) is 0 Å². The summed E-state index contributed by atoms with van der Waals surface area (Å²) in [6.45, 7) is 0.0288. The quantitative estimate of drug-likeness (QED) is 0.804. The molecule has 1 N–H and O–H groups in total. The lowest BCUT2D eigenvalue weighted by atomic mass is 10.1. The first-order valence-corrected chi connectivity index (χ1v) is 7.51. The van der Waals surface area contributed by atoms with Crippen LogP contribution >= 0.6 is 0 Å². The number of carbonyl (C=O) groups is 3. The third-order valence-corrected chi connectivity index (χ3v) is 3.90. The van der Waals surface area contributed by atoms with Gasteiger partial charge in [-0.05, 0) is 25.0 Å². The predicted octanol–water partition coefficient (Wildman–Crippen LogP) is 0.788. The van der Waals surface area contributed by atoms with Crippen LogP contribution in [0.15, 0.2) is 18.2 Å². The van der Waals surface area contributed by atoms with E-state index >= 15 is 0 Å². The highest BCUT2D eigenvalue weighted by Gasteiger charge is 2.34. The second kappa shape index (κ2) is 7.85. The van der Waals surface area contributed by atoms with Crippen molar-refractivity contribution in [3.05, 3.63) is 35.4 Å². The summed E-state index contributed by atoms with van der Waals surface area (Å²) in [5.41, 5.74) is -0.317. The lowest BCUT2D eigenvalue weighted by molar-refractivity contribution is -0.142. The Balaban J connectivity index is 2.03. The normalized spacial score (nSPS) is 16.8. The number of ether oxygens (including phenoxy) is 1. The molecule has 1 fully saturated rings. The van der Waals surface area contributed by atoms with Gasteiger partial charge in [0, 0.05) is 12.1 Å². The van der Waals surface area contributed by atoms with Crippen molar-refractivity contribution < 1.29 is 27.9 Å². The van der Waals surface area contributed by atoms with Crippen LogP contribution in [-0.2, 0) is 25.5 Å². The van der Waals surface area contributed by atoms with Crippen LogP contribution in [0, 0.1) is 11.6 Å². The summed E-state index contributed by atoms with van der Waals surface area (Å²) >= 11 is 0. The smallest absolute Gasteiger partial charge is 0.325 e. The van der Waals surface area contributed by atoms with Crippen LogP contribution in [0.1, 0.15) is 18.4 Å². The first-order valence-electron chi connectivity index (χ1n) is 7.51. The van der Waals surface area contributed by atoms with E-state index in [1.165, 1.54) is 18.1 Å². The largest absolute Gasteiger partial charge is 0.468 e. The number of benzene rings is 1. The molecule has 0 saturated carbocycles. The van der Waals surface area contributed by atoms with Crippen LogP contribution in [-0.4, -0.2) is 48.9 Å². The van der Waals surface area contributed by atoms with Gasteiger partial charge in [-0.3, -0.25) is 14.4 Å². The van der Waals surface area contributed by atoms with E-state index in [2.05, 4.69) is 10.1 Å². The van der Waals surface area contributed by atoms with Crippen molar-refractivity contribution in [3.63, 3.8) is 0 Å². The third-order valence-electron chi connectivity index (χ3n) is 3.90. The molecule has 2 rings (SSSR count). The molecule has 1 atom stereocenters. The van der Waals surface area contributed by atoms with Gasteiger partial charge in [0.05, 0.1) is 13.5 Å². The Morgan fingerprint density at radius 2 is 1.96 bits per heavy atom. The molecule has 8 heteroatoms. The van der Waals surface area contributed by atoms with Crippen LogP contribution in [0.4, 0.5) is 8.78 Å². The fourth-order valence-electron chi connectivity index (χ4n) is 2.64. The van der Waals surface area contributed by atoms with Gasteiger partial charge < -0.3 is 15.0 Å². The van der Waals surface area contributed by atoms with Crippen molar-refractivity contribution in [3.8, 4) is 0 Å². The topological polar surface area (TPSA) is 75.7 Å². The molecule has 6 nitrogen and oxygen atoms in total. The monoisotopic (exact) mass is 340 g/mol. The maximum absolute atomic E-state index is 13.7. The molecular weight excluding hydrogens is 322 g/mol. The molecule has 1 saturated heterocycles. The fourth-order valence-corrected chi connectivity index (χ4v) is 2.64. The number of likely N-dealkylation sites (tertiary alicyclic amines) is 1. The minimum Gasteiger partial charge on any atom is -0.468 e. The maximum atomic E-state index is 13.7. The summed E-state index contributed by atoms with van der Waals surface area (Å²) in [5, 5.41) is 2.39. The molecule has 0 aromatic heterocycles. The fraction of sp³-hybridized carbons (Fsp3) is 0.438. The molecule has 0 aliphatic carbocycles. The van der Waals surface area contributed by atoms with E-state index in [9.17, 15) is 23.2 Å². The van der Waals surface area contributed by atoms with E-state index < -0.39 is 41.9 Å². The number of carbonyl (C=O) groups excluding carboxylic acids is 3. The highest BCUT2D eigenvalue weighted by molar-refractivity contribution is 5.90. The average Bonchev–Trinajstić information content (AvgIpc) is 3.05. The number of hydrogen-bond acceptors (Lipinski definition) is 4. The summed E-state index contributed by atoms with van der Waals surface area (Å²) in [6, 6.07) is 2.63. The van der Waals surface area contributed by atoms with Crippen LogP contribution in [0.3, 0.4) is 0 Å². The summed E-state index contributed by atoms with van der Waals surface area (Å²) in [5.74, 6) is -3.22. The van der Waals surface area contributed by atoms with Gasteiger partial charge in [0.2, 0.25) is 11.8 Å². The minimum absolute atomic E-state index is 0.296. The molecule has 1 heterocycles. The number of halogens is 2. The average molecular weight is 340 g/mol. The zero-order valence-corrected chi connectivity index (χ0v) is 13.2. The lowest BCUT2D eigenvalue weighted by Crippen LogP contribution is -2.47. The van der Waals surface area contributed by atoms with E-state index in [1.54, 1.807) is 0 Å². The Morgan fingerprint density at radius 1 is 1.29 bits per heavy atom. The number of nitrogens with one attached hydrogen (secondary N) is 1. The summed E-state index contributed by atoms with van der Waals surface area (Å²) in [7, 11) is 1.20. The maximum Gasteiger partial charge on any atom is 0.325 e. The molecule has 130 valence electrons. The van der Waals surface area contributed by atoms with Gasteiger partial charge in [-0.25, -0.2) is 8.78 Å². The Kier molecular flexibility index (Phi) is 5.83. The number of nitrogens with zero attached hydrogens (tertiary/aromatic N) is 1. The second-order valence-electron chi connectivity index (χ2n) is 5.42. The second-order valence-corrected chi connectivity index (χ2v) is 5.42. The van der Waals surface area contributed by atoms with Crippen molar-refractivity contribution >= 4 is 17.8 Å². The van der Waals surface area contributed by atoms with Crippen molar-refractivity contribution in [2.45, 2.75) is 25.3 Å². The van der Waals surface area contributed by atoms with Gasteiger partial charge >= 0.3 is 5.97 Å². The van der Waals surface area contributed by atoms with Gasteiger partial charge in [0.1, 0.15) is 24.2 Å². The van der Waals surface area contributed by atoms with Crippen LogP contribution in [0.25, 0.3) is 0 Å². The van der Waals surface area contributed by atoms with E-state index in [0.29, 0.717) is 19.4 Å². The zero-order chi connectivity index (χ0) is 17.7. The molecule has 0 radical (unpaired) electrons. The van der Waals surface area contributed by atoms with Gasteiger partial charge in [-0.2, -0.15) is 0 Å². The number of hydrogen-bond donors (Lipinski definition) is 1. The van der Waals surface area contributed by atoms with Crippen molar-refractivity contribution in [1.82, 2.24) is 10.2 Å². The highest BCUT2D eigenvalue weighted by atomic mass is 19.1. The Labute approximate surface area is 137 Å². The molecule has 2 amide bonds. The molecule has 24 heavy (non-hydrogen) atoms. The summed E-state index contributed by atoms with van der Waals surface area (Å²) < 4.78 is 31.7. The molecule has 0 bridgehead atoms. The minimum atomic E-state index is -0.797. The third kappa shape index (κ3) is 4.06. The Morgan fingerprint density at radius 3 is 2.58 bits per heavy atom. The first-order chi connectivity index (χ1) is 11.4. The molecule has 1 unspecified atom stereocenters. The van der Waals surface area contributed by atoms with Crippen molar-refractivity contribution in [1.29, 1.82) is 0 Å². The summed E-state index contributed by atoms with van der Waals surface area (Å²) in [6.07, 6.45) is 0.569. The van der Waals surface area contributed by atoms with Crippen LogP contribution in [0.5, 0.6) is 0 Å². The van der Waals surface area contributed by atoms with Crippen molar-refractivity contribution in [2.75, 3.05) is 20.2 Å². The predicted molar refractivity (Wildman–Crippen MR) is 79.8 cm³/mol. The molecule has 0 spiro atoms. The van der Waals surface area contributed by atoms with E-state index in [-0.39, 0.29) is 12.1 Å². The van der Waals surface area contributed by atoms with Gasteiger partial charge in [0.25, 0.3) is 0 Å². The number of methoxy groups -OCH3 is 1.